The Labute approximate surface area is 224 Å². The summed E-state index contributed by atoms with van der Waals surface area (Å²) in [4.78, 5) is 1.67. The third kappa shape index (κ3) is 6.84. The molecule has 0 saturated carbocycles. The second kappa shape index (κ2) is 11.4. The number of hydrogen-bond donors (Lipinski definition) is 2. The number of aryl methyl sites for hydroxylation is 2. The highest BCUT2D eigenvalue weighted by molar-refractivity contribution is 7.89. The van der Waals surface area contributed by atoms with E-state index in [9.17, 15) is 26.0 Å². The zero-order valence-electron chi connectivity index (χ0n) is 21.5. The van der Waals surface area contributed by atoms with Gasteiger partial charge in [-0.05, 0) is 66.9 Å². The molecule has 0 amide bonds. The number of hydrogen-bond acceptors (Lipinski definition) is 6. The molecule has 8 nitrogen and oxygen atoms in total. The number of benzene rings is 2. The molecule has 4 rings (SSSR count). The van der Waals surface area contributed by atoms with E-state index in [0.29, 0.717) is 34.5 Å². The van der Waals surface area contributed by atoms with Gasteiger partial charge in [0.2, 0.25) is 0 Å². The lowest BCUT2D eigenvalue weighted by atomic mass is 9.95. The summed E-state index contributed by atoms with van der Waals surface area (Å²) >= 11 is 0. The third-order valence-electron chi connectivity index (χ3n) is 6.72. The smallest absolute Gasteiger partial charge is 0.355 e. The zero-order valence-corrected chi connectivity index (χ0v) is 22.4. The molecule has 0 aliphatic carbocycles. The molecule has 3 aromatic rings. The van der Waals surface area contributed by atoms with Crippen LogP contribution < -0.4 is 5.32 Å². The average Bonchev–Trinajstić information content (AvgIpc) is 3.20. The van der Waals surface area contributed by atoms with Crippen molar-refractivity contribution in [2.45, 2.75) is 37.0 Å². The van der Waals surface area contributed by atoms with Crippen LogP contribution in [0.4, 0.5) is 28.9 Å². The minimum absolute atomic E-state index is 0.0697. The van der Waals surface area contributed by atoms with E-state index in [1.807, 2.05) is 0 Å². The Morgan fingerprint density at radius 3 is 2.49 bits per heavy atom. The van der Waals surface area contributed by atoms with E-state index < -0.39 is 34.5 Å². The van der Waals surface area contributed by atoms with Crippen LogP contribution in [0.2, 0.25) is 0 Å². The predicted molar refractivity (Wildman–Crippen MR) is 140 cm³/mol. The van der Waals surface area contributed by atoms with Crippen molar-refractivity contribution in [2.24, 2.45) is 7.05 Å². The topological polar surface area (TPSA) is 94.3 Å². The SMILES string of the molecule is Cc1cc(Nc2ccc(F)cc2)c(C=N)cc1C1CN(S(=O)(=O)c2ccn(C)n2)CCCN1CCC(F)(F)F. The highest BCUT2D eigenvalue weighted by Crippen LogP contribution is 2.34. The Morgan fingerprint density at radius 2 is 1.87 bits per heavy atom. The lowest BCUT2D eigenvalue weighted by Gasteiger charge is -2.33. The van der Waals surface area contributed by atoms with E-state index in [0.717, 1.165) is 6.21 Å². The fourth-order valence-electron chi connectivity index (χ4n) is 4.74. The molecule has 210 valence electrons. The van der Waals surface area contributed by atoms with Crippen molar-refractivity contribution in [1.82, 2.24) is 19.0 Å². The van der Waals surface area contributed by atoms with Gasteiger partial charge in [-0.3, -0.25) is 9.58 Å². The number of alkyl halides is 3. The van der Waals surface area contributed by atoms with Crippen LogP contribution in [0.1, 0.15) is 35.6 Å². The Balaban J connectivity index is 1.72. The Bertz CT molecular complexity index is 1420. The fourth-order valence-corrected chi connectivity index (χ4v) is 6.17. The van der Waals surface area contributed by atoms with E-state index in [4.69, 9.17) is 5.41 Å². The molecule has 13 heteroatoms. The number of anilines is 2. The van der Waals surface area contributed by atoms with Gasteiger partial charge in [0.1, 0.15) is 5.82 Å². The maximum atomic E-state index is 13.4. The molecule has 1 aliphatic rings. The summed E-state index contributed by atoms with van der Waals surface area (Å²) in [5, 5.41) is 15.0. The number of aromatic nitrogens is 2. The summed E-state index contributed by atoms with van der Waals surface area (Å²) in [6.45, 7) is 1.84. The lowest BCUT2D eigenvalue weighted by molar-refractivity contribution is -0.139. The first-order chi connectivity index (χ1) is 18.4. The van der Waals surface area contributed by atoms with Crippen LogP contribution in [0.5, 0.6) is 0 Å². The number of rotatable bonds is 8. The molecule has 1 aliphatic heterocycles. The summed E-state index contributed by atoms with van der Waals surface area (Å²) in [5.74, 6) is -0.392. The first-order valence-corrected chi connectivity index (χ1v) is 13.8. The van der Waals surface area contributed by atoms with E-state index >= 15 is 0 Å². The van der Waals surface area contributed by atoms with E-state index in [1.54, 1.807) is 43.1 Å². The molecule has 0 bridgehead atoms. The Hall–Kier alpha value is -3.29. The molecule has 2 aromatic carbocycles. The summed E-state index contributed by atoms with van der Waals surface area (Å²) < 4.78 is 82.5. The molecule has 39 heavy (non-hydrogen) atoms. The minimum atomic E-state index is -4.37. The number of sulfonamides is 1. The van der Waals surface area contributed by atoms with E-state index in [-0.39, 0.29) is 31.2 Å². The summed E-state index contributed by atoms with van der Waals surface area (Å²) in [6.07, 6.45) is -2.41. The van der Waals surface area contributed by atoms with E-state index in [2.05, 4.69) is 10.4 Å². The Morgan fingerprint density at radius 1 is 1.15 bits per heavy atom. The van der Waals surface area contributed by atoms with Crippen molar-refractivity contribution in [2.75, 3.05) is 31.5 Å². The second-order valence-electron chi connectivity index (χ2n) is 9.53. The minimum Gasteiger partial charge on any atom is -0.355 e. The monoisotopic (exact) mass is 566 g/mol. The van der Waals surface area contributed by atoms with Gasteiger partial charge >= 0.3 is 6.18 Å². The van der Waals surface area contributed by atoms with Gasteiger partial charge in [0.05, 0.1) is 6.42 Å². The largest absolute Gasteiger partial charge is 0.390 e. The normalized spacial score (nSPS) is 17.6. The maximum Gasteiger partial charge on any atom is 0.390 e. The number of nitrogens with zero attached hydrogens (tertiary/aromatic N) is 4. The molecule has 2 heterocycles. The van der Waals surface area contributed by atoms with Gasteiger partial charge in [-0.2, -0.15) is 22.6 Å². The Kier molecular flexibility index (Phi) is 8.42. The first kappa shape index (κ1) is 28.7. The summed E-state index contributed by atoms with van der Waals surface area (Å²) in [7, 11) is -2.38. The fraction of sp³-hybridized carbons (Fsp3) is 0.385. The standard InChI is InChI=1S/C26H30F4N6O2S/c1-18-14-23(32-21-6-4-20(27)5-7-21)19(16-31)15-22(18)24-17-36(39(37,38)25-8-12-34(2)33-25)11-3-10-35(24)13-9-26(28,29)30/h4-8,12,14-16,24,31-32H,3,9-11,13,17H2,1-2H3. The highest BCUT2D eigenvalue weighted by Gasteiger charge is 2.37. The van der Waals surface area contributed by atoms with Crippen molar-refractivity contribution in [3.05, 3.63) is 71.2 Å². The van der Waals surface area contributed by atoms with E-state index in [1.165, 1.54) is 33.4 Å². The quantitative estimate of drug-likeness (QED) is 0.296. The third-order valence-corrected chi connectivity index (χ3v) is 8.48. The maximum absolute atomic E-state index is 13.4. The predicted octanol–water partition coefficient (Wildman–Crippen LogP) is 5.00. The summed E-state index contributed by atoms with van der Waals surface area (Å²) in [6, 6.07) is 9.88. The van der Waals surface area contributed by atoms with Crippen LogP contribution in [0, 0.1) is 18.2 Å². The summed E-state index contributed by atoms with van der Waals surface area (Å²) in [5.41, 5.74) is 2.96. The van der Waals surface area contributed by atoms with Crippen LogP contribution in [0.25, 0.3) is 0 Å². The second-order valence-corrected chi connectivity index (χ2v) is 11.4. The van der Waals surface area contributed by atoms with Gasteiger partial charge in [0.15, 0.2) is 5.03 Å². The van der Waals surface area contributed by atoms with Gasteiger partial charge in [-0.1, -0.05) is 0 Å². The van der Waals surface area contributed by atoms with Gasteiger partial charge in [0.25, 0.3) is 10.0 Å². The molecular formula is C26H30F4N6O2S. The average molecular weight is 567 g/mol. The van der Waals surface area contributed by atoms with Crippen LogP contribution in [0.15, 0.2) is 53.7 Å². The van der Waals surface area contributed by atoms with Crippen LogP contribution in [0.3, 0.4) is 0 Å². The molecule has 1 atom stereocenters. The molecule has 0 spiro atoms. The van der Waals surface area contributed by atoms with Crippen molar-refractivity contribution in [3.8, 4) is 0 Å². The first-order valence-electron chi connectivity index (χ1n) is 12.4. The molecule has 1 fully saturated rings. The molecule has 0 radical (unpaired) electrons. The highest BCUT2D eigenvalue weighted by atomic mass is 32.2. The zero-order chi connectivity index (χ0) is 28.4. The van der Waals surface area contributed by atoms with Crippen molar-refractivity contribution in [1.29, 1.82) is 5.41 Å². The van der Waals surface area contributed by atoms with Crippen molar-refractivity contribution in [3.63, 3.8) is 0 Å². The molecule has 1 saturated heterocycles. The molecule has 1 unspecified atom stereocenters. The van der Waals surface area contributed by atoms with Crippen LogP contribution in [-0.2, 0) is 17.1 Å². The van der Waals surface area contributed by atoms with Gasteiger partial charge in [-0.15, -0.1) is 0 Å². The van der Waals surface area contributed by atoms with Crippen molar-refractivity contribution < 1.29 is 26.0 Å². The van der Waals surface area contributed by atoms with Crippen molar-refractivity contribution >= 4 is 27.6 Å². The van der Waals surface area contributed by atoms with Gasteiger partial charge in [0, 0.05) is 68.6 Å². The molecular weight excluding hydrogens is 536 g/mol. The van der Waals surface area contributed by atoms with Crippen LogP contribution >= 0.6 is 0 Å². The lowest BCUT2D eigenvalue weighted by Crippen LogP contribution is -2.39. The van der Waals surface area contributed by atoms with Crippen LogP contribution in [-0.4, -0.2) is 66.0 Å². The van der Waals surface area contributed by atoms with Gasteiger partial charge in [-0.25, -0.2) is 12.8 Å². The molecule has 1 aromatic heterocycles. The molecule has 2 N–H and O–H groups in total. The number of nitrogens with one attached hydrogen (secondary N) is 2. The van der Waals surface area contributed by atoms with Gasteiger partial charge < -0.3 is 10.7 Å². The number of halogens is 4.